The van der Waals surface area contributed by atoms with Gasteiger partial charge >= 0.3 is 0 Å². The molecular weight excluding hydrogens is 336 g/mol. The van der Waals surface area contributed by atoms with E-state index in [1.165, 1.54) is 0 Å². The second-order valence-corrected chi connectivity index (χ2v) is 8.61. The van der Waals surface area contributed by atoms with E-state index >= 15 is 0 Å². The van der Waals surface area contributed by atoms with Gasteiger partial charge < -0.3 is 4.74 Å². The van der Waals surface area contributed by atoms with Crippen molar-refractivity contribution in [2.75, 3.05) is 11.3 Å². The molecule has 0 atom stereocenters. The maximum absolute atomic E-state index is 12.7. The Hall–Kier alpha value is -2.08. The molecule has 0 aliphatic carbocycles. The zero-order valence-corrected chi connectivity index (χ0v) is 16.1. The summed E-state index contributed by atoms with van der Waals surface area (Å²) >= 11 is 0. The molecule has 6 heteroatoms. The summed E-state index contributed by atoms with van der Waals surface area (Å²) in [4.78, 5) is 4.21. The molecule has 0 unspecified atom stereocenters. The highest BCUT2D eigenvalue weighted by Gasteiger charge is 2.23. The Labute approximate surface area is 150 Å². The van der Waals surface area contributed by atoms with Gasteiger partial charge in [-0.25, -0.2) is 13.4 Å². The van der Waals surface area contributed by atoms with E-state index in [2.05, 4.69) is 16.6 Å². The number of ether oxygens (including phenoxy) is 1. The van der Waals surface area contributed by atoms with Crippen LogP contribution in [0.2, 0.25) is 0 Å². The number of unbranched alkanes of at least 4 members (excludes halogenated alkanes) is 1. The molecule has 2 rings (SSSR count). The van der Waals surface area contributed by atoms with Crippen molar-refractivity contribution in [3.8, 4) is 5.75 Å². The number of hydrogen-bond acceptors (Lipinski definition) is 4. The van der Waals surface area contributed by atoms with Crippen molar-refractivity contribution in [1.29, 1.82) is 0 Å². The first-order valence-electron chi connectivity index (χ1n) is 8.45. The molecule has 0 radical (unpaired) electrons. The third kappa shape index (κ3) is 5.19. The second-order valence-electron chi connectivity index (χ2n) is 6.93. The molecule has 0 aliphatic rings. The molecule has 2 aromatic rings. The number of nitrogens with zero attached hydrogens (tertiary/aromatic N) is 1. The van der Waals surface area contributed by atoms with Crippen molar-refractivity contribution >= 4 is 15.8 Å². The van der Waals surface area contributed by atoms with Crippen LogP contribution in [0.25, 0.3) is 0 Å². The molecule has 0 spiro atoms. The number of pyridine rings is 1. The molecule has 0 bridgehead atoms. The molecule has 0 fully saturated rings. The number of anilines is 1. The Morgan fingerprint density at radius 3 is 2.52 bits per heavy atom. The Balaban J connectivity index is 2.35. The van der Waals surface area contributed by atoms with Crippen molar-refractivity contribution in [2.24, 2.45) is 0 Å². The van der Waals surface area contributed by atoms with E-state index in [9.17, 15) is 8.42 Å². The maximum atomic E-state index is 12.7. The zero-order valence-electron chi connectivity index (χ0n) is 15.2. The first kappa shape index (κ1) is 19.2. The van der Waals surface area contributed by atoms with Crippen LogP contribution >= 0.6 is 0 Å². The lowest BCUT2D eigenvalue weighted by molar-refractivity contribution is 0.301. The smallest absolute Gasteiger partial charge is 0.263 e. The van der Waals surface area contributed by atoms with Gasteiger partial charge in [-0.05, 0) is 42.2 Å². The average molecular weight is 362 g/mol. The molecule has 1 N–H and O–H groups in total. The van der Waals surface area contributed by atoms with Crippen LogP contribution in [0.4, 0.5) is 5.82 Å². The number of hydrogen-bond donors (Lipinski definition) is 1. The topological polar surface area (TPSA) is 68.3 Å². The van der Waals surface area contributed by atoms with E-state index in [4.69, 9.17) is 4.74 Å². The van der Waals surface area contributed by atoms with Crippen LogP contribution in [0.5, 0.6) is 5.75 Å². The lowest BCUT2D eigenvalue weighted by Gasteiger charge is -2.24. The van der Waals surface area contributed by atoms with Gasteiger partial charge in [0.25, 0.3) is 10.0 Å². The Morgan fingerprint density at radius 1 is 1.16 bits per heavy atom. The molecule has 0 saturated carbocycles. The van der Waals surface area contributed by atoms with Crippen molar-refractivity contribution in [3.05, 3.63) is 48.2 Å². The third-order valence-electron chi connectivity index (χ3n) is 3.73. The van der Waals surface area contributed by atoms with Gasteiger partial charge in [-0.3, -0.25) is 4.72 Å². The minimum absolute atomic E-state index is 0.200. The van der Waals surface area contributed by atoms with Gasteiger partial charge in [0.1, 0.15) is 11.6 Å². The summed E-state index contributed by atoms with van der Waals surface area (Å²) in [6, 6.07) is 10.1. The molecule has 1 aromatic heterocycles. The van der Waals surface area contributed by atoms with Crippen molar-refractivity contribution in [2.45, 2.75) is 50.8 Å². The van der Waals surface area contributed by atoms with Crippen LogP contribution in [-0.2, 0) is 15.4 Å². The van der Waals surface area contributed by atoms with Crippen LogP contribution < -0.4 is 9.46 Å². The van der Waals surface area contributed by atoms with Gasteiger partial charge in [0.2, 0.25) is 0 Å². The summed E-state index contributed by atoms with van der Waals surface area (Å²) in [5, 5.41) is 0. The Bertz CT molecular complexity index is 797. The first-order valence-corrected chi connectivity index (χ1v) is 9.93. The van der Waals surface area contributed by atoms with Gasteiger partial charge in [-0.15, -0.1) is 0 Å². The molecular formula is C19H26N2O3S. The predicted octanol–water partition coefficient (Wildman–Crippen LogP) is 4.36. The van der Waals surface area contributed by atoms with Crippen LogP contribution in [0.15, 0.2) is 47.5 Å². The highest BCUT2D eigenvalue weighted by atomic mass is 32.2. The monoisotopic (exact) mass is 362 g/mol. The van der Waals surface area contributed by atoms with Crippen LogP contribution in [0, 0.1) is 0 Å². The van der Waals surface area contributed by atoms with E-state index in [-0.39, 0.29) is 10.3 Å². The fraction of sp³-hybridized carbons (Fsp3) is 0.421. The number of benzene rings is 1. The van der Waals surface area contributed by atoms with E-state index in [1.54, 1.807) is 42.6 Å². The number of aromatic nitrogens is 1. The van der Waals surface area contributed by atoms with E-state index < -0.39 is 10.0 Å². The molecule has 0 saturated heterocycles. The fourth-order valence-electron chi connectivity index (χ4n) is 2.33. The van der Waals surface area contributed by atoms with Crippen LogP contribution in [0.3, 0.4) is 0 Å². The Kier molecular flexibility index (Phi) is 6.06. The molecule has 1 heterocycles. The van der Waals surface area contributed by atoms with Crippen molar-refractivity contribution in [1.82, 2.24) is 4.98 Å². The fourth-order valence-corrected chi connectivity index (χ4v) is 3.37. The van der Waals surface area contributed by atoms with E-state index in [1.807, 2.05) is 20.8 Å². The lowest BCUT2D eigenvalue weighted by atomic mass is 9.86. The third-order valence-corrected chi connectivity index (χ3v) is 5.08. The quantitative estimate of drug-likeness (QED) is 0.743. The summed E-state index contributed by atoms with van der Waals surface area (Å²) in [6.07, 6.45) is 3.55. The van der Waals surface area contributed by atoms with Crippen LogP contribution in [-0.4, -0.2) is 20.0 Å². The predicted molar refractivity (Wildman–Crippen MR) is 101 cm³/mol. The zero-order chi connectivity index (χ0) is 18.5. The van der Waals surface area contributed by atoms with E-state index in [0.29, 0.717) is 12.4 Å². The summed E-state index contributed by atoms with van der Waals surface area (Å²) in [7, 11) is -3.71. The molecule has 0 amide bonds. The highest BCUT2D eigenvalue weighted by Crippen LogP contribution is 2.33. The lowest BCUT2D eigenvalue weighted by Crippen LogP contribution is -2.18. The second kappa shape index (κ2) is 7.87. The number of rotatable bonds is 7. The molecule has 25 heavy (non-hydrogen) atoms. The molecule has 136 valence electrons. The maximum Gasteiger partial charge on any atom is 0.263 e. The summed E-state index contributed by atoms with van der Waals surface area (Å²) in [6.45, 7) is 8.84. The van der Waals surface area contributed by atoms with Gasteiger partial charge in [0, 0.05) is 11.8 Å². The Morgan fingerprint density at radius 2 is 1.92 bits per heavy atom. The standard InChI is InChI=1S/C19H26N2O3S/c1-5-6-13-24-17-11-10-15(14-16(17)19(2,3)4)25(22,23)21-18-9-7-8-12-20-18/h7-12,14H,5-6,13H2,1-4H3,(H,20,21). The summed E-state index contributed by atoms with van der Waals surface area (Å²) in [5.41, 5.74) is 0.630. The minimum atomic E-state index is -3.71. The number of sulfonamides is 1. The molecule has 5 nitrogen and oxygen atoms in total. The van der Waals surface area contributed by atoms with Gasteiger partial charge in [-0.1, -0.05) is 40.2 Å². The van der Waals surface area contributed by atoms with Gasteiger partial charge in [-0.2, -0.15) is 0 Å². The van der Waals surface area contributed by atoms with E-state index in [0.717, 1.165) is 24.2 Å². The largest absolute Gasteiger partial charge is 0.493 e. The van der Waals surface area contributed by atoms with Gasteiger partial charge in [0.05, 0.1) is 11.5 Å². The normalized spacial score (nSPS) is 12.0. The summed E-state index contributed by atoms with van der Waals surface area (Å²) in [5.74, 6) is 1.03. The minimum Gasteiger partial charge on any atom is -0.493 e. The average Bonchev–Trinajstić information content (AvgIpc) is 2.55. The first-order chi connectivity index (χ1) is 11.7. The SMILES string of the molecule is CCCCOc1ccc(S(=O)(=O)Nc2ccccn2)cc1C(C)(C)C. The summed E-state index contributed by atoms with van der Waals surface area (Å²) < 4.78 is 33.7. The van der Waals surface area contributed by atoms with Crippen LogP contribution in [0.1, 0.15) is 46.1 Å². The van der Waals surface area contributed by atoms with Gasteiger partial charge in [0.15, 0.2) is 0 Å². The molecule has 1 aromatic carbocycles. The van der Waals surface area contributed by atoms with Crippen molar-refractivity contribution in [3.63, 3.8) is 0 Å². The number of nitrogens with one attached hydrogen (secondary N) is 1. The molecule has 0 aliphatic heterocycles. The van der Waals surface area contributed by atoms with Crippen molar-refractivity contribution < 1.29 is 13.2 Å². The highest BCUT2D eigenvalue weighted by molar-refractivity contribution is 7.92.